The van der Waals surface area contributed by atoms with Crippen molar-refractivity contribution in [1.29, 1.82) is 0 Å². The van der Waals surface area contributed by atoms with Crippen LogP contribution in [0.1, 0.15) is 37.1 Å². The zero-order valence-corrected chi connectivity index (χ0v) is 16.9. The minimum atomic E-state index is -0.337. The van der Waals surface area contributed by atoms with Crippen molar-refractivity contribution in [1.82, 2.24) is 20.5 Å². The summed E-state index contributed by atoms with van der Waals surface area (Å²) in [5, 5.41) is 5.98. The Morgan fingerprint density at radius 3 is 2.48 bits per heavy atom. The van der Waals surface area contributed by atoms with Crippen LogP contribution in [0.4, 0.5) is 4.79 Å². The second-order valence-electron chi connectivity index (χ2n) is 7.07. The molecule has 1 aliphatic heterocycles. The fourth-order valence-electron chi connectivity index (χ4n) is 3.54. The molecule has 0 aliphatic carbocycles. The van der Waals surface area contributed by atoms with E-state index < -0.39 is 0 Å². The molecule has 1 unspecified atom stereocenters. The summed E-state index contributed by atoms with van der Waals surface area (Å²) in [7, 11) is 1.63. The second kappa shape index (κ2) is 9.91. The van der Waals surface area contributed by atoms with Gasteiger partial charge in [-0.2, -0.15) is 0 Å². The van der Waals surface area contributed by atoms with Crippen LogP contribution in [0.25, 0.3) is 0 Å². The zero-order chi connectivity index (χ0) is 20.6. The first-order valence-electron chi connectivity index (χ1n) is 10.0. The van der Waals surface area contributed by atoms with E-state index in [1.165, 1.54) is 0 Å². The number of nitrogens with one attached hydrogen (secondary N) is 2. The molecule has 1 aromatic heterocycles. The molecule has 2 N–H and O–H groups in total. The lowest BCUT2D eigenvalue weighted by molar-refractivity contribution is -0.126. The number of benzene rings is 1. The van der Waals surface area contributed by atoms with Crippen LogP contribution in [-0.4, -0.2) is 48.6 Å². The van der Waals surface area contributed by atoms with Crippen molar-refractivity contribution < 1.29 is 14.3 Å². The summed E-state index contributed by atoms with van der Waals surface area (Å²) in [5.74, 6) is 0.634. The van der Waals surface area contributed by atoms with Gasteiger partial charge in [-0.25, -0.2) is 4.79 Å². The number of aromatic nitrogens is 1. The molecule has 1 atom stereocenters. The molecular weight excluding hydrogens is 368 g/mol. The van der Waals surface area contributed by atoms with E-state index in [0.717, 1.165) is 17.0 Å². The van der Waals surface area contributed by atoms with E-state index in [1.807, 2.05) is 49.4 Å². The maximum absolute atomic E-state index is 13.0. The quantitative estimate of drug-likeness (QED) is 0.786. The van der Waals surface area contributed by atoms with Gasteiger partial charge >= 0.3 is 6.03 Å². The lowest BCUT2D eigenvalue weighted by atomic mass is 9.94. The number of pyridine rings is 1. The number of urea groups is 1. The number of carbonyl (C=O) groups excluding carboxylic acids is 2. The Bertz CT molecular complexity index is 803. The van der Waals surface area contributed by atoms with Gasteiger partial charge in [0.2, 0.25) is 5.91 Å². The predicted octanol–water partition coefficient (Wildman–Crippen LogP) is 2.74. The van der Waals surface area contributed by atoms with E-state index in [4.69, 9.17) is 4.74 Å². The normalized spacial score (nSPS) is 15.4. The number of ether oxygens (including phenoxy) is 1. The Morgan fingerprint density at radius 2 is 1.90 bits per heavy atom. The minimum absolute atomic E-state index is 0.00739. The Labute approximate surface area is 171 Å². The van der Waals surface area contributed by atoms with E-state index in [9.17, 15) is 9.59 Å². The summed E-state index contributed by atoms with van der Waals surface area (Å²) < 4.78 is 5.24. The molecule has 7 nitrogen and oxygen atoms in total. The molecule has 0 spiro atoms. The van der Waals surface area contributed by atoms with Crippen LogP contribution in [0.5, 0.6) is 5.75 Å². The molecular formula is C22H28N4O3. The van der Waals surface area contributed by atoms with Crippen molar-refractivity contribution >= 4 is 11.9 Å². The molecule has 0 saturated carbocycles. The van der Waals surface area contributed by atoms with Crippen LogP contribution in [0.15, 0.2) is 48.7 Å². The number of likely N-dealkylation sites (tertiary alicyclic amines) is 1. The highest BCUT2D eigenvalue weighted by Crippen LogP contribution is 2.25. The monoisotopic (exact) mass is 396 g/mol. The third-order valence-corrected chi connectivity index (χ3v) is 5.20. The molecule has 0 radical (unpaired) electrons. The highest BCUT2D eigenvalue weighted by molar-refractivity contribution is 5.80. The van der Waals surface area contributed by atoms with Crippen LogP contribution in [0.3, 0.4) is 0 Å². The minimum Gasteiger partial charge on any atom is -0.497 e. The van der Waals surface area contributed by atoms with Gasteiger partial charge in [-0.05, 0) is 49.6 Å². The van der Waals surface area contributed by atoms with Crippen molar-refractivity contribution in [2.45, 2.75) is 25.8 Å². The first-order valence-corrected chi connectivity index (χ1v) is 10.0. The highest BCUT2D eigenvalue weighted by Gasteiger charge is 2.29. The molecule has 1 aromatic carbocycles. The first-order chi connectivity index (χ1) is 14.1. The largest absolute Gasteiger partial charge is 0.497 e. The molecule has 2 heterocycles. The van der Waals surface area contributed by atoms with Crippen molar-refractivity contribution in [2.75, 3.05) is 26.7 Å². The van der Waals surface area contributed by atoms with Crippen molar-refractivity contribution in [3.63, 3.8) is 0 Å². The van der Waals surface area contributed by atoms with Crippen LogP contribution in [-0.2, 0) is 4.79 Å². The van der Waals surface area contributed by atoms with Crippen LogP contribution in [0.2, 0.25) is 0 Å². The van der Waals surface area contributed by atoms with Gasteiger partial charge in [-0.15, -0.1) is 0 Å². The molecule has 7 heteroatoms. The third-order valence-electron chi connectivity index (χ3n) is 5.20. The molecule has 3 amide bonds. The maximum Gasteiger partial charge on any atom is 0.317 e. The molecule has 154 valence electrons. The lowest BCUT2D eigenvalue weighted by Gasteiger charge is -2.32. The summed E-state index contributed by atoms with van der Waals surface area (Å²) in [5.41, 5.74) is 1.73. The Kier molecular flexibility index (Phi) is 7.05. The molecule has 3 rings (SSSR count). The predicted molar refractivity (Wildman–Crippen MR) is 111 cm³/mol. The average molecular weight is 396 g/mol. The van der Waals surface area contributed by atoms with Crippen molar-refractivity contribution in [2.24, 2.45) is 5.92 Å². The highest BCUT2D eigenvalue weighted by atomic mass is 16.5. The van der Waals surface area contributed by atoms with Crippen molar-refractivity contribution in [3.8, 4) is 5.75 Å². The summed E-state index contributed by atoms with van der Waals surface area (Å²) in [4.78, 5) is 31.2. The number of amides is 3. The average Bonchev–Trinajstić information content (AvgIpc) is 2.78. The first kappa shape index (κ1) is 20.6. The fourth-order valence-corrected chi connectivity index (χ4v) is 3.54. The number of hydrogen-bond donors (Lipinski definition) is 2. The van der Waals surface area contributed by atoms with Gasteiger partial charge in [0.1, 0.15) is 5.75 Å². The van der Waals surface area contributed by atoms with Crippen LogP contribution < -0.4 is 15.4 Å². The summed E-state index contributed by atoms with van der Waals surface area (Å²) >= 11 is 0. The Balaban J connectivity index is 1.69. The van der Waals surface area contributed by atoms with Gasteiger partial charge in [0.15, 0.2) is 0 Å². The maximum atomic E-state index is 13.0. The van der Waals surface area contributed by atoms with Crippen molar-refractivity contribution in [3.05, 3.63) is 59.9 Å². The van der Waals surface area contributed by atoms with E-state index in [-0.39, 0.29) is 23.9 Å². The number of piperidine rings is 1. The molecule has 0 bridgehead atoms. The number of nitrogens with zero attached hydrogens (tertiary/aromatic N) is 2. The van der Waals surface area contributed by atoms with Gasteiger partial charge in [-0.3, -0.25) is 9.78 Å². The fraction of sp³-hybridized carbons (Fsp3) is 0.409. The molecule has 1 saturated heterocycles. The third kappa shape index (κ3) is 5.25. The van der Waals surface area contributed by atoms with Gasteiger partial charge in [0, 0.05) is 31.7 Å². The van der Waals surface area contributed by atoms with E-state index in [1.54, 1.807) is 18.2 Å². The number of carbonyl (C=O) groups is 2. The van der Waals surface area contributed by atoms with Crippen LogP contribution in [0, 0.1) is 5.92 Å². The molecule has 2 aromatic rings. The summed E-state index contributed by atoms with van der Waals surface area (Å²) in [6.45, 7) is 3.67. The van der Waals surface area contributed by atoms with Crippen LogP contribution >= 0.6 is 0 Å². The number of rotatable bonds is 6. The van der Waals surface area contributed by atoms with E-state index >= 15 is 0 Å². The smallest absolute Gasteiger partial charge is 0.317 e. The molecule has 29 heavy (non-hydrogen) atoms. The van der Waals surface area contributed by atoms with Gasteiger partial charge in [0.25, 0.3) is 0 Å². The second-order valence-corrected chi connectivity index (χ2v) is 7.07. The summed E-state index contributed by atoms with van der Waals surface area (Å²) in [6.07, 6.45) is 3.03. The topological polar surface area (TPSA) is 83.6 Å². The van der Waals surface area contributed by atoms with Gasteiger partial charge in [-0.1, -0.05) is 18.2 Å². The molecule has 1 fully saturated rings. The standard InChI is InChI=1S/C22H28N4O3/c1-3-23-22(28)26-14-11-17(12-15-26)21(27)25-20(19-6-4-5-13-24-19)16-7-9-18(29-2)10-8-16/h4-10,13,17,20H,3,11-12,14-15H2,1-2H3,(H,23,28)(H,25,27). The number of hydrogen-bond acceptors (Lipinski definition) is 4. The Morgan fingerprint density at radius 1 is 1.17 bits per heavy atom. The molecule has 1 aliphatic rings. The Hall–Kier alpha value is -3.09. The van der Waals surface area contributed by atoms with E-state index in [2.05, 4.69) is 15.6 Å². The SMILES string of the molecule is CCNC(=O)N1CCC(C(=O)NC(c2ccc(OC)cc2)c2ccccn2)CC1. The lowest BCUT2D eigenvalue weighted by Crippen LogP contribution is -2.47. The van der Waals surface area contributed by atoms with Gasteiger partial charge in [0.05, 0.1) is 18.8 Å². The zero-order valence-electron chi connectivity index (χ0n) is 16.9. The summed E-state index contributed by atoms with van der Waals surface area (Å²) in [6, 6.07) is 12.9. The van der Waals surface area contributed by atoms with Gasteiger partial charge < -0.3 is 20.3 Å². The number of methoxy groups -OCH3 is 1. The van der Waals surface area contributed by atoms with E-state index in [0.29, 0.717) is 32.5 Å².